The van der Waals surface area contributed by atoms with Crippen LogP contribution in [-0.4, -0.2) is 43.5 Å². The van der Waals surface area contributed by atoms with Crippen LogP contribution in [0, 0.1) is 0 Å². The van der Waals surface area contributed by atoms with E-state index in [4.69, 9.17) is 0 Å². The summed E-state index contributed by atoms with van der Waals surface area (Å²) in [7, 11) is 6.62. The van der Waals surface area contributed by atoms with E-state index in [9.17, 15) is 0 Å². The first-order valence-electron chi connectivity index (χ1n) is 7.51. The van der Waals surface area contributed by atoms with E-state index in [1.54, 1.807) is 0 Å². The van der Waals surface area contributed by atoms with E-state index in [2.05, 4.69) is 73.4 Å². The van der Waals surface area contributed by atoms with Gasteiger partial charge in [0.1, 0.15) is 0 Å². The van der Waals surface area contributed by atoms with Crippen molar-refractivity contribution in [3.63, 3.8) is 0 Å². The maximum absolute atomic E-state index is 2.57. The first-order chi connectivity index (χ1) is 9.66. The van der Waals surface area contributed by atoms with Crippen molar-refractivity contribution < 1.29 is 0 Å². The molecular weight excluding hydrogens is 244 g/mol. The van der Waals surface area contributed by atoms with E-state index in [-0.39, 0.29) is 0 Å². The van der Waals surface area contributed by atoms with Gasteiger partial charge >= 0.3 is 0 Å². The molecule has 20 heavy (non-hydrogen) atoms. The molecule has 1 aliphatic rings. The normalized spacial score (nSPS) is 23.8. The molecule has 2 atom stereocenters. The van der Waals surface area contributed by atoms with Crippen molar-refractivity contribution in [2.45, 2.75) is 24.9 Å². The minimum Gasteiger partial charge on any atom is -0.308 e. The minimum absolute atomic E-state index is 0.561. The van der Waals surface area contributed by atoms with Gasteiger partial charge in [0.2, 0.25) is 0 Å². The molecule has 1 fully saturated rings. The van der Waals surface area contributed by atoms with Crippen LogP contribution in [0.25, 0.3) is 10.8 Å². The largest absolute Gasteiger partial charge is 0.308 e. The van der Waals surface area contributed by atoms with Gasteiger partial charge in [0.05, 0.1) is 0 Å². The van der Waals surface area contributed by atoms with Crippen LogP contribution in [0.4, 0.5) is 0 Å². The summed E-state index contributed by atoms with van der Waals surface area (Å²) in [5.41, 5.74) is 1.49. The molecule has 0 bridgehead atoms. The van der Waals surface area contributed by atoms with Crippen molar-refractivity contribution in [1.29, 1.82) is 0 Å². The molecule has 1 saturated heterocycles. The number of hydrogen-bond acceptors (Lipinski definition) is 2. The highest BCUT2D eigenvalue weighted by Gasteiger charge is 2.32. The van der Waals surface area contributed by atoms with Crippen molar-refractivity contribution in [3.8, 4) is 0 Å². The Morgan fingerprint density at radius 2 is 1.80 bits per heavy atom. The number of hydrogen-bond donors (Lipinski definition) is 0. The monoisotopic (exact) mass is 268 g/mol. The highest BCUT2D eigenvalue weighted by Crippen LogP contribution is 2.37. The van der Waals surface area contributed by atoms with E-state index in [0.717, 1.165) is 6.54 Å². The van der Waals surface area contributed by atoms with Gasteiger partial charge in [-0.15, -0.1) is 0 Å². The van der Waals surface area contributed by atoms with Gasteiger partial charge < -0.3 is 4.90 Å². The van der Waals surface area contributed by atoms with Crippen molar-refractivity contribution in [2.75, 3.05) is 27.7 Å². The van der Waals surface area contributed by atoms with Gasteiger partial charge in [-0.25, -0.2) is 0 Å². The summed E-state index contributed by atoms with van der Waals surface area (Å²) >= 11 is 0. The zero-order valence-electron chi connectivity index (χ0n) is 12.7. The molecule has 0 N–H and O–H groups in total. The molecule has 106 valence electrons. The number of rotatable bonds is 3. The van der Waals surface area contributed by atoms with Crippen LogP contribution in [0.15, 0.2) is 42.5 Å². The van der Waals surface area contributed by atoms with Crippen LogP contribution in [0.1, 0.15) is 24.4 Å². The molecule has 0 spiro atoms. The summed E-state index contributed by atoms with van der Waals surface area (Å²) in [6.07, 6.45) is 2.56. The lowest BCUT2D eigenvalue weighted by Crippen LogP contribution is -2.36. The van der Waals surface area contributed by atoms with Crippen molar-refractivity contribution in [1.82, 2.24) is 9.80 Å². The van der Waals surface area contributed by atoms with Crippen LogP contribution in [-0.2, 0) is 0 Å². The van der Waals surface area contributed by atoms with Crippen molar-refractivity contribution in [3.05, 3.63) is 48.0 Å². The minimum atomic E-state index is 0.561. The fourth-order valence-electron chi connectivity index (χ4n) is 3.57. The summed E-state index contributed by atoms with van der Waals surface area (Å²) < 4.78 is 0. The first kappa shape index (κ1) is 13.6. The Morgan fingerprint density at radius 3 is 2.60 bits per heavy atom. The van der Waals surface area contributed by atoms with Crippen LogP contribution < -0.4 is 0 Å². The topological polar surface area (TPSA) is 6.48 Å². The van der Waals surface area contributed by atoms with Crippen LogP contribution in [0.3, 0.4) is 0 Å². The first-order valence-corrected chi connectivity index (χ1v) is 7.51. The van der Waals surface area contributed by atoms with E-state index < -0.39 is 0 Å². The molecule has 2 aromatic rings. The molecular formula is C18H24N2. The van der Waals surface area contributed by atoms with Gasteiger partial charge in [0.15, 0.2) is 0 Å². The second-order valence-electron chi connectivity index (χ2n) is 6.24. The van der Waals surface area contributed by atoms with Gasteiger partial charge in [0, 0.05) is 18.6 Å². The van der Waals surface area contributed by atoms with Crippen molar-refractivity contribution in [2.24, 2.45) is 0 Å². The average Bonchev–Trinajstić information content (AvgIpc) is 2.79. The molecule has 2 nitrogen and oxygen atoms in total. The van der Waals surface area contributed by atoms with E-state index >= 15 is 0 Å². The standard InChI is InChI=1S/C18H24N2/c1-19(2)13-15-11-12-18(20(15)3)17-10-6-8-14-7-4-5-9-16(14)17/h4-10,15,18H,11-13H2,1-3H3/t15-,18+/m0/s1. The molecule has 0 aliphatic carbocycles. The predicted molar refractivity (Wildman–Crippen MR) is 86.0 cm³/mol. The number of likely N-dealkylation sites (N-methyl/N-ethyl adjacent to an activating group) is 2. The van der Waals surface area contributed by atoms with Crippen molar-refractivity contribution >= 4 is 10.8 Å². The molecule has 0 amide bonds. The molecule has 3 rings (SSSR count). The quantitative estimate of drug-likeness (QED) is 0.840. The number of benzene rings is 2. The zero-order valence-corrected chi connectivity index (χ0v) is 12.7. The fourth-order valence-corrected chi connectivity index (χ4v) is 3.57. The molecule has 1 heterocycles. The Hall–Kier alpha value is -1.38. The molecule has 0 aromatic heterocycles. The third-order valence-corrected chi connectivity index (χ3v) is 4.60. The lowest BCUT2D eigenvalue weighted by atomic mass is 9.97. The maximum Gasteiger partial charge on any atom is 0.0355 e. The SMILES string of the molecule is CN(C)C[C@@H]1CC[C@H](c2cccc3ccccc23)N1C. The third kappa shape index (κ3) is 2.46. The van der Waals surface area contributed by atoms with Crippen LogP contribution >= 0.6 is 0 Å². The summed E-state index contributed by atoms with van der Waals surface area (Å²) in [4.78, 5) is 4.87. The predicted octanol–water partition coefficient (Wildman–Crippen LogP) is 3.54. The van der Waals surface area contributed by atoms with Gasteiger partial charge in [0.25, 0.3) is 0 Å². The van der Waals surface area contributed by atoms with E-state index in [1.807, 2.05) is 0 Å². The summed E-state index contributed by atoms with van der Waals surface area (Å²) in [6.45, 7) is 1.15. The maximum atomic E-state index is 2.57. The molecule has 0 radical (unpaired) electrons. The molecule has 2 aromatic carbocycles. The summed E-state index contributed by atoms with van der Waals surface area (Å²) in [5.74, 6) is 0. The Labute approximate surface area is 122 Å². The Bertz CT molecular complexity index is 585. The Balaban J connectivity index is 1.92. The van der Waals surface area contributed by atoms with Crippen LogP contribution in [0.5, 0.6) is 0 Å². The van der Waals surface area contributed by atoms with E-state index in [1.165, 1.54) is 29.2 Å². The number of nitrogens with zero attached hydrogens (tertiary/aromatic N) is 2. The molecule has 0 saturated carbocycles. The van der Waals surface area contributed by atoms with Gasteiger partial charge in [-0.3, -0.25) is 4.90 Å². The smallest absolute Gasteiger partial charge is 0.0355 e. The van der Waals surface area contributed by atoms with Crippen LogP contribution in [0.2, 0.25) is 0 Å². The summed E-state index contributed by atoms with van der Waals surface area (Å²) in [5, 5.41) is 2.77. The second-order valence-corrected chi connectivity index (χ2v) is 6.24. The lowest BCUT2D eigenvalue weighted by Gasteiger charge is -2.28. The van der Waals surface area contributed by atoms with Gasteiger partial charge in [-0.2, -0.15) is 0 Å². The average molecular weight is 268 g/mol. The second kappa shape index (κ2) is 5.55. The summed E-state index contributed by atoms with van der Waals surface area (Å²) in [6, 6.07) is 16.7. The Morgan fingerprint density at radius 1 is 1.05 bits per heavy atom. The van der Waals surface area contributed by atoms with Gasteiger partial charge in [-0.05, 0) is 50.3 Å². The number of likely N-dealkylation sites (tertiary alicyclic amines) is 1. The molecule has 2 heteroatoms. The lowest BCUT2D eigenvalue weighted by molar-refractivity contribution is 0.203. The zero-order chi connectivity index (χ0) is 14.1. The molecule has 0 unspecified atom stereocenters. The molecule has 1 aliphatic heterocycles. The highest BCUT2D eigenvalue weighted by atomic mass is 15.2. The third-order valence-electron chi connectivity index (χ3n) is 4.60. The van der Waals surface area contributed by atoms with E-state index in [0.29, 0.717) is 12.1 Å². The fraction of sp³-hybridized carbons (Fsp3) is 0.444. The highest BCUT2D eigenvalue weighted by molar-refractivity contribution is 5.86. The number of fused-ring (bicyclic) bond motifs is 1. The Kier molecular flexibility index (Phi) is 3.77. The van der Waals surface area contributed by atoms with Gasteiger partial charge in [-0.1, -0.05) is 42.5 Å².